The van der Waals surface area contributed by atoms with Gasteiger partial charge in [-0.2, -0.15) is 0 Å². The molecule has 0 aliphatic heterocycles. The minimum Gasteiger partial charge on any atom is -0.481 e. The maximum atomic E-state index is 12.1. The predicted molar refractivity (Wildman–Crippen MR) is 91.7 cm³/mol. The molecule has 2 nitrogen and oxygen atoms in total. The normalized spacial score (nSPS) is 25.2. The summed E-state index contributed by atoms with van der Waals surface area (Å²) in [5.74, 6) is -0.463. The van der Waals surface area contributed by atoms with Crippen LogP contribution in [0.5, 0.6) is 0 Å². The third-order valence-electron chi connectivity index (χ3n) is 5.04. The van der Waals surface area contributed by atoms with Crippen molar-refractivity contribution in [2.75, 3.05) is 0 Å². The van der Waals surface area contributed by atoms with E-state index < -0.39 is 11.4 Å². The lowest BCUT2D eigenvalue weighted by molar-refractivity contribution is -0.140. The molecule has 1 saturated carbocycles. The number of hydrogen-bond donors (Lipinski definition) is 1. The molecule has 1 N–H and O–H groups in total. The standard InChI is InChI=1S/C20H30O2/c1-12-9-14(18(3,4)5)16(15(10-12)19(6,7)8)20(17(21)22)11-13(20)2/h9-10,13H,11H2,1-8H3,(H,21,22). The van der Waals surface area contributed by atoms with Crippen molar-refractivity contribution in [2.45, 2.75) is 78.1 Å². The molecule has 2 atom stereocenters. The van der Waals surface area contributed by atoms with Crippen molar-refractivity contribution in [1.29, 1.82) is 0 Å². The van der Waals surface area contributed by atoms with Gasteiger partial charge in [-0.1, -0.05) is 66.2 Å². The summed E-state index contributed by atoms with van der Waals surface area (Å²) >= 11 is 0. The predicted octanol–water partition coefficient (Wildman–Crippen LogP) is 4.95. The lowest BCUT2D eigenvalue weighted by atomic mass is 9.70. The molecule has 1 aliphatic rings. The number of aliphatic carboxylic acids is 1. The minimum absolute atomic E-state index is 0.0634. The average molecular weight is 302 g/mol. The van der Waals surface area contributed by atoms with Crippen molar-refractivity contribution in [2.24, 2.45) is 5.92 Å². The van der Waals surface area contributed by atoms with E-state index in [9.17, 15) is 9.90 Å². The van der Waals surface area contributed by atoms with Gasteiger partial charge >= 0.3 is 5.97 Å². The smallest absolute Gasteiger partial charge is 0.314 e. The largest absolute Gasteiger partial charge is 0.481 e. The van der Waals surface area contributed by atoms with Crippen LogP contribution in [-0.2, 0) is 21.0 Å². The van der Waals surface area contributed by atoms with Gasteiger partial charge in [0, 0.05) is 0 Å². The van der Waals surface area contributed by atoms with Gasteiger partial charge in [-0.05, 0) is 46.8 Å². The number of aryl methyl sites for hydroxylation is 1. The van der Waals surface area contributed by atoms with Crippen molar-refractivity contribution in [3.63, 3.8) is 0 Å². The number of carbonyl (C=O) groups is 1. The Hall–Kier alpha value is -1.31. The van der Waals surface area contributed by atoms with Gasteiger partial charge < -0.3 is 5.11 Å². The molecule has 2 unspecified atom stereocenters. The maximum Gasteiger partial charge on any atom is 0.314 e. The van der Waals surface area contributed by atoms with E-state index in [4.69, 9.17) is 0 Å². The summed E-state index contributed by atoms with van der Waals surface area (Å²) < 4.78 is 0. The molecule has 1 fully saturated rings. The number of hydrogen-bond acceptors (Lipinski definition) is 1. The van der Waals surface area contributed by atoms with Crippen molar-refractivity contribution in [1.82, 2.24) is 0 Å². The van der Waals surface area contributed by atoms with E-state index in [2.05, 4.69) is 67.5 Å². The second-order valence-corrected chi connectivity index (χ2v) is 9.12. The van der Waals surface area contributed by atoms with Crippen molar-refractivity contribution in [3.05, 3.63) is 34.4 Å². The fourth-order valence-corrected chi connectivity index (χ4v) is 3.63. The number of rotatable bonds is 2. The molecular weight excluding hydrogens is 272 g/mol. The van der Waals surface area contributed by atoms with Crippen LogP contribution >= 0.6 is 0 Å². The van der Waals surface area contributed by atoms with Gasteiger partial charge in [0.15, 0.2) is 0 Å². The number of carboxylic acids is 1. The second-order valence-electron chi connectivity index (χ2n) is 9.12. The molecule has 2 rings (SSSR count). The van der Waals surface area contributed by atoms with E-state index in [0.29, 0.717) is 0 Å². The van der Waals surface area contributed by atoms with E-state index >= 15 is 0 Å². The van der Waals surface area contributed by atoms with E-state index in [1.807, 2.05) is 0 Å². The topological polar surface area (TPSA) is 37.3 Å². The zero-order valence-electron chi connectivity index (χ0n) is 15.3. The van der Waals surface area contributed by atoms with Crippen molar-refractivity contribution in [3.8, 4) is 0 Å². The van der Waals surface area contributed by atoms with Gasteiger partial charge in [0.25, 0.3) is 0 Å². The molecule has 0 aromatic heterocycles. The van der Waals surface area contributed by atoms with Gasteiger partial charge in [0.05, 0.1) is 5.41 Å². The van der Waals surface area contributed by atoms with Gasteiger partial charge in [0.1, 0.15) is 0 Å². The highest BCUT2D eigenvalue weighted by Crippen LogP contribution is 2.58. The second kappa shape index (κ2) is 4.84. The Balaban J connectivity index is 2.88. The summed E-state index contributed by atoms with van der Waals surface area (Å²) in [6, 6.07) is 4.39. The van der Waals surface area contributed by atoms with E-state index in [1.54, 1.807) is 0 Å². The van der Waals surface area contributed by atoms with Crippen LogP contribution < -0.4 is 0 Å². The quantitative estimate of drug-likeness (QED) is 0.839. The fraction of sp³-hybridized carbons (Fsp3) is 0.650. The van der Waals surface area contributed by atoms with Crippen LogP contribution in [0.2, 0.25) is 0 Å². The highest BCUT2D eigenvalue weighted by atomic mass is 16.4. The SMILES string of the molecule is Cc1cc(C(C)(C)C)c(C2(C(=O)O)CC2C)c(C(C)(C)C)c1. The van der Waals surface area contributed by atoms with Crippen molar-refractivity contribution < 1.29 is 9.90 Å². The zero-order valence-corrected chi connectivity index (χ0v) is 15.3. The van der Waals surface area contributed by atoms with Crippen LogP contribution in [0.15, 0.2) is 12.1 Å². The molecule has 0 bridgehead atoms. The van der Waals surface area contributed by atoms with Crippen molar-refractivity contribution >= 4 is 5.97 Å². The summed E-state index contributed by atoms with van der Waals surface area (Å²) in [6.07, 6.45) is 0.748. The molecule has 0 saturated heterocycles. The van der Waals surface area contributed by atoms with Crippen LogP contribution in [0.3, 0.4) is 0 Å². The van der Waals surface area contributed by atoms with Crippen LogP contribution in [0.25, 0.3) is 0 Å². The van der Waals surface area contributed by atoms with Gasteiger partial charge in [0.2, 0.25) is 0 Å². The van der Waals surface area contributed by atoms with Gasteiger partial charge in [-0.25, -0.2) is 0 Å². The summed E-state index contributed by atoms with van der Waals surface area (Å²) in [5, 5.41) is 9.98. The lowest BCUT2D eigenvalue weighted by Crippen LogP contribution is -2.31. The molecule has 0 heterocycles. The molecule has 0 spiro atoms. The summed E-state index contributed by atoms with van der Waals surface area (Å²) in [7, 11) is 0. The summed E-state index contributed by atoms with van der Waals surface area (Å²) in [5.41, 5.74) is 3.87. The Morgan fingerprint density at radius 3 is 1.68 bits per heavy atom. The highest BCUT2D eigenvalue weighted by molar-refractivity contribution is 5.87. The Kier molecular flexibility index (Phi) is 3.75. The lowest BCUT2D eigenvalue weighted by Gasteiger charge is -2.34. The van der Waals surface area contributed by atoms with Crippen LogP contribution in [0, 0.1) is 12.8 Å². The Bertz CT molecular complexity index is 579. The third-order valence-corrected chi connectivity index (χ3v) is 5.04. The first-order valence-electron chi connectivity index (χ1n) is 8.21. The summed E-state index contributed by atoms with van der Waals surface area (Å²) in [4.78, 5) is 12.1. The first kappa shape index (κ1) is 17.1. The Morgan fingerprint density at radius 1 is 1.09 bits per heavy atom. The molecule has 22 heavy (non-hydrogen) atoms. The van der Waals surface area contributed by atoms with E-state index in [0.717, 1.165) is 12.0 Å². The maximum absolute atomic E-state index is 12.1. The number of carboxylic acid groups (broad SMARTS) is 1. The number of benzene rings is 1. The molecule has 0 radical (unpaired) electrons. The van der Waals surface area contributed by atoms with Crippen LogP contribution in [0.4, 0.5) is 0 Å². The first-order valence-corrected chi connectivity index (χ1v) is 8.21. The molecule has 1 aromatic rings. The molecular formula is C20H30O2. The average Bonchev–Trinajstić information content (AvgIpc) is 2.98. The van der Waals surface area contributed by atoms with Crippen LogP contribution in [0.1, 0.15) is 77.1 Å². The first-order chi connectivity index (χ1) is 9.81. The van der Waals surface area contributed by atoms with Gasteiger partial charge in [-0.3, -0.25) is 4.79 Å². The monoisotopic (exact) mass is 302 g/mol. The third kappa shape index (κ3) is 2.57. The van der Waals surface area contributed by atoms with Gasteiger partial charge in [-0.15, -0.1) is 0 Å². The minimum atomic E-state index is -0.696. The molecule has 1 aliphatic carbocycles. The molecule has 1 aromatic carbocycles. The Morgan fingerprint density at radius 2 is 1.45 bits per heavy atom. The van der Waals surface area contributed by atoms with E-state index in [1.165, 1.54) is 16.7 Å². The molecule has 2 heteroatoms. The zero-order chi connectivity index (χ0) is 17.1. The fourth-order valence-electron chi connectivity index (χ4n) is 3.63. The molecule has 0 amide bonds. The summed E-state index contributed by atoms with van der Waals surface area (Å²) in [6.45, 7) is 17.3. The Labute approximate surface area is 134 Å². The molecule has 122 valence electrons. The van der Waals surface area contributed by atoms with Crippen LogP contribution in [-0.4, -0.2) is 11.1 Å². The highest BCUT2D eigenvalue weighted by Gasteiger charge is 2.61. The van der Waals surface area contributed by atoms with E-state index in [-0.39, 0.29) is 16.7 Å².